The number of nitrogens with one attached hydrogen (secondary N) is 1. The van der Waals surface area contributed by atoms with Gasteiger partial charge in [-0.15, -0.1) is 12.8 Å². The Morgan fingerprint density at radius 1 is 1.06 bits per heavy atom. The Balaban J connectivity index is 2.41. The summed E-state index contributed by atoms with van der Waals surface area (Å²) in [6, 6.07) is 10.5. The molecule has 2 rings (SSSR count). The number of hydrogen-bond acceptors (Lipinski definition) is 6. The van der Waals surface area contributed by atoms with Crippen LogP contribution in [0.25, 0.3) is 0 Å². The molecule has 3 amide bonds. The van der Waals surface area contributed by atoms with Gasteiger partial charge in [0, 0.05) is 17.7 Å². The summed E-state index contributed by atoms with van der Waals surface area (Å²) in [5, 5.41) is 11.8. The Kier molecular flexibility index (Phi) is 8.03. The van der Waals surface area contributed by atoms with Crippen LogP contribution in [0.5, 0.6) is 11.5 Å². The molecule has 0 saturated carbocycles. The van der Waals surface area contributed by atoms with Crippen molar-refractivity contribution in [1.82, 2.24) is 4.90 Å². The van der Waals surface area contributed by atoms with Gasteiger partial charge in [0.15, 0.2) is 11.5 Å². The molecule has 0 aromatic heterocycles. The smallest absolute Gasteiger partial charge is 0.337 e. The lowest BCUT2D eigenvalue weighted by molar-refractivity contribution is -0.127. The zero-order valence-electron chi connectivity index (χ0n) is 18.7. The van der Waals surface area contributed by atoms with Crippen LogP contribution in [0.3, 0.4) is 0 Å². The van der Waals surface area contributed by atoms with Crippen LogP contribution < -0.4 is 14.8 Å². The number of aromatic carboxylic acids is 1. The van der Waals surface area contributed by atoms with Crippen LogP contribution in [0.4, 0.5) is 5.69 Å². The Morgan fingerprint density at radius 2 is 1.71 bits per heavy atom. The molecular formula is C25H22N2O7. The van der Waals surface area contributed by atoms with Crippen molar-refractivity contribution in [2.45, 2.75) is 19.4 Å². The van der Waals surface area contributed by atoms with Gasteiger partial charge < -0.3 is 19.9 Å². The summed E-state index contributed by atoms with van der Waals surface area (Å²) in [6.07, 6.45) is 10.3. The molecule has 9 nitrogen and oxygen atoms in total. The van der Waals surface area contributed by atoms with E-state index in [2.05, 4.69) is 5.32 Å². The SMILES string of the molecule is C#CC(=O)Nc1cc(OC)c(OCC(C)(C)N(C(=O)C#C)C(=O)c2ccccc2)cc1C(=O)O. The summed E-state index contributed by atoms with van der Waals surface area (Å²) in [4.78, 5) is 49.7. The number of imide groups is 1. The number of carbonyl (C=O) groups is 4. The molecule has 2 N–H and O–H groups in total. The van der Waals surface area contributed by atoms with Crippen molar-refractivity contribution in [2.24, 2.45) is 0 Å². The molecular weight excluding hydrogens is 440 g/mol. The number of hydrogen-bond donors (Lipinski definition) is 2. The van der Waals surface area contributed by atoms with E-state index in [1.807, 2.05) is 11.8 Å². The third-order valence-electron chi connectivity index (χ3n) is 4.65. The summed E-state index contributed by atoms with van der Waals surface area (Å²) in [5.41, 5.74) is -1.41. The number of amides is 3. The van der Waals surface area contributed by atoms with Crippen LogP contribution in [-0.2, 0) is 9.59 Å². The first-order chi connectivity index (χ1) is 16.0. The molecule has 9 heteroatoms. The average Bonchev–Trinajstić information content (AvgIpc) is 2.82. The van der Waals surface area contributed by atoms with E-state index in [1.165, 1.54) is 13.2 Å². The van der Waals surface area contributed by atoms with Gasteiger partial charge in [0.1, 0.15) is 6.61 Å². The standard InChI is InChI=1S/C25H22N2O7/c1-6-21(28)26-18-14-19(33-5)20(13-17(18)24(31)32)34-15-25(3,4)27(22(29)7-2)23(30)16-11-9-8-10-12-16/h1-2,8-14H,15H2,3-5H3,(H,26,28)(H,31,32). The van der Waals surface area contributed by atoms with Crippen molar-refractivity contribution >= 4 is 29.4 Å². The van der Waals surface area contributed by atoms with Gasteiger partial charge in [0.2, 0.25) is 0 Å². The van der Waals surface area contributed by atoms with Crippen molar-refractivity contribution in [3.05, 3.63) is 53.6 Å². The lowest BCUT2D eigenvalue weighted by Gasteiger charge is -2.35. The maximum Gasteiger partial charge on any atom is 0.337 e. The number of terminal acetylenes is 2. The van der Waals surface area contributed by atoms with Crippen molar-refractivity contribution in [3.63, 3.8) is 0 Å². The number of rotatable bonds is 8. The minimum Gasteiger partial charge on any atom is -0.493 e. The van der Waals surface area contributed by atoms with Crippen molar-refractivity contribution < 1.29 is 33.8 Å². The number of benzene rings is 2. The molecule has 0 heterocycles. The Hall–Kier alpha value is -4.76. The van der Waals surface area contributed by atoms with Gasteiger partial charge in [-0.1, -0.05) is 18.2 Å². The molecule has 174 valence electrons. The van der Waals surface area contributed by atoms with Crippen LogP contribution in [-0.4, -0.2) is 53.0 Å². The highest BCUT2D eigenvalue weighted by Crippen LogP contribution is 2.35. The molecule has 0 saturated heterocycles. The summed E-state index contributed by atoms with van der Waals surface area (Å²) in [6.45, 7) is 2.87. The zero-order chi connectivity index (χ0) is 25.5. The number of carboxylic acids is 1. The average molecular weight is 462 g/mol. The van der Waals surface area contributed by atoms with E-state index in [9.17, 15) is 24.3 Å². The predicted octanol–water partition coefficient (Wildman–Crippen LogP) is 2.42. The van der Waals surface area contributed by atoms with E-state index < -0.39 is 29.2 Å². The molecule has 0 aliphatic carbocycles. The fraction of sp³-hybridized carbons (Fsp3) is 0.200. The van der Waals surface area contributed by atoms with E-state index in [0.717, 1.165) is 11.0 Å². The molecule has 0 fully saturated rings. The zero-order valence-corrected chi connectivity index (χ0v) is 18.7. The molecule has 0 unspecified atom stereocenters. The van der Waals surface area contributed by atoms with Crippen LogP contribution in [0.2, 0.25) is 0 Å². The maximum atomic E-state index is 13.0. The second kappa shape index (κ2) is 10.7. The van der Waals surface area contributed by atoms with E-state index in [1.54, 1.807) is 44.2 Å². The molecule has 0 atom stereocenters. The first-order valence-electron chi connectivity index (χ1n) is 9.81. The third kappa shape index (κ3) is 5.72. The van der Waals surface area contributed by atoms with Crippen LogP contribution >= 0.6 is 0 Å². The molecule has 0 aliphatic heterocycles. The Morgan fingerprint density at radius 3 is 2.24 bits per heavy atom. The first-order valence-corrected chi connectivity index (χ1v) is 9.81. The lowest BCUT2D eigenvalue weighted by Crippen LogP contribution is -2.54. The summed E-state index contributed by atoms with van der Waals surface area (Å²) >= 11 is 0. The number of anilines is 1. The Labute approximate surface area is 196 Å². The van der Waals surface area contributed by atoms with Gasteiger partial charge in [0.05, 0.1) is 23.9 Å². The highest BCUT2D eigenvalue weighted by molar-refractivity contribution is 6.10. The maximum absolute atomic E-state index is 13.0. The van der Waals surface area contributed by atoms with E-state index in [0.29, 0.717) is 0 Å². The normalized spacial score (nSPS) is 10.3. The van der Waals surface area contributed by atoms with E-state index in [4.69, 9.17) is 22.3 Å². The summed E-state index contributed by atoms with van der Waals surface area (Å²) < 4.78 is 11.0. The minimum atomic E-state index is -1.36. The van der Waals surface area contributed by atoms with Crippen LogP contribution in [0, 0.1) is 24.7 Å². The second-order valence-electron chi connectivity index (χ2n) is 7.51. The van der Waals surface area contributed by atoms with E-state index in [-0.39, 0.29) is 34.9 Å². The highest BCUT2D eigenvalue weighted by Gasteiger charge is 2.37. The monoisotopic (exact) mass is 462 g/mol. The van der Waals surface area contributed by atoms with Crippen LogP contribution in [0.15, 0.2) is 42.5 Å². The van der Waals surface area contributed by atoms with Gasteiger partial charge in [0.25, 0.3) is 11.8 Å². The fourth-order valence-electron chi connectivity index (χ4n) is 3.01. The second-order valence-corrected chi connectivity index (χ2v) is 7.51. The van der Waals surface area contributed by atoms with Crippen molar-refractivity contribution in [2.75, 3.05) is 19.0 Å². The number of ether oxygens (including phenoxy) is 2. The van der Waals surface area contributed by atoms with Crippen molar-refractivity contribution in [3.8, 4) is 36.2 Å². The molecule has 34 heavy (non-hydrogen) atoms. The highest BCUT2D eigenvalue weighted by atomic mass is 16.5. The topological polar surface area (TPSA) is 122 Å². The number of carbonyl (C=O) groups excluding carboxylic acids is 3. The van der Waals surface area contributed by atoms with Crippen molar-refractivity contribution in [1.29, 1.82) is 0 Å². The number of carboxylic acid groups (broad SMARTS) is 1. The molecule has 2 aromatic carbocycles. The minimum absolute atomic E-state index is 0.00746. The van der Waals surface area contributed by atoms with Gasteiger partial charge in [-0.2, -0.15) is 0 Å². The summed E-state index contributed by atoms with van der Waals surface area (Å²) in [5.74, 6) is 0.158. The molecule has 0 radical (unpaired) electrons. The predicted molar refractivity (Wildman–Crippen MR) is 123 cm³/mol. The number of methoxy groups -OCH3 is 1. The number of nitrogens with zero attached hydrogens (tertiary/aromatic N) is 1. The van der Waals surface area contributed by atoms with Gasteiger partial charge in [-0.25, -0.2) is 4.79 Å². The molecule has 2 aromatic rings. The quantitative estimate of drug-likeness (QED) is 0.578. The van der Waals surface area contributed by atoms with Gasteiger partial charge >= 0.3 is 11.9 Å². The lowest BCUT2D eigenvalue weighted by atomic mass is 10.0. The van der Waals surface area contributed by atoms with Crippen LogP contribution in [0.1, 0.15) is 34.6 Å². The first kappa shape index (κ1) is 25.5. The summed E-state index contributed by atoms with van der Waals surface area (Å²) in [7, 11) is 1.31. The third-order valence-corrected chi connectivity index (χ3v) is 4.65. The Bertz CT molecular complexity index is 1200. The van der Waals surface area contributed by atoms with E-state index >= 15 is 0 Å². The molecule has 0 bridgehead atoms. The van der Waals surface area contributed by atoms with Gasteiger partial charge in [-0.3, -0.25) is 19.3 Å². The van der Waals surface area contributed by atoms with Gasteiger partial charge in [-0.05, 0) is 37.8 Å². The molecule has 0 aliphatic rings. The fourth-order valence-corrected chi connectivity index (χ4v) is 3.01. The largest absolute Gasteiger partial charge is 0.493 e. The molecule has 0 spiro atoms.